The summed E-state index contributed by atoms with van der Waals surface area (Å²) in [4.78, 5) is 0. The maximum absolute atomic E-state index is 9.77. The quantitative estimate of drug-likeness (QED) is 0.825. The molecule has 82 valence electrons. The molecule has 16 heavy (non-hydrogen) atoms. The molecule has 2 aromatic rings. The summed E-state index contributed by atoms with van der Waals surface area (Å²) in [7, 11) is 0. The average molecular weight is 212 g/mol. The molecular formula is C15H16O. The molecule has 0 aliphatic carbocycles. The normalized spacial score (nSPS) is 10.3. The van der Waals surface area contributed by atoms with Crippen LogP contribution in [0.25, 0.3) is 0 Å². The van der Waals surface area contributed by atoms with Crippen LogP contribution in [0, 0.1) is 6.92 Å². The van der Waals surface area contributed by atoms with Gasteiger partial charge in [-0.2, -0.15) is 0 Å². The third-order valence-corrected chi connectivity index (χ3v) is 2.89. The Morgan fingerprint density at radius 2 is 1.62 bits per heavy atom. The molecule has 1 heteroatoms. The van der Waals surface area contributed by atoms with Crippen LogP contribution in [0.3, 0.4) is 0 Å². The van der Waals surface area contributed by atoms with E-state index < -0.39 is 0 Å². The molecule has 0 spiro atoms. The molecule has 0 saturated carbocycles. The first kappa shape index (κ1) is 10.7. The van der Waals surface area contributed by atoms with Crippen LogP contribution in [0.2, 0.25) is 0 Å². The third kappa shape index (κ3) is 2.43. The van der Waals surface area contributed by atoms with Gasteiger partial charge in [-0.25, -0.2) is 0 Å². The molecule has 2 aromatic carbocycles. The van der Waals surface area contributed by atoms with Gasteiger partial charge in [0, 0.05) is 0 Å². The fraction of sp³-hybridized carbons (Fsp3) is 0.200. The van der Waals surface area contributed by atoms with Gasteiger partial charge in [0.2, 0.25) is 0 Å². The van der Waals surface area contributed by atoms with Gasteiger partial charge in [-0.3, -0.25) is 0 Å². The number of hydrogen-bond acceptors (Lipinski definition) is 1. The summed E-state index contributed by atoms with van der Waals surface area (Å²) in [5.74, 6) is 0.413. The largest absolute Gasteiger partial charge is 0.508 e. The van der Waals surface area contributed by atoms with Gasteiger partial charge >= 0.3 is 0 Å². The van der Waals surface area contributed by atoms with Gasteiger partial charge in [-0.1, -0.05) is 42.5 Å². The standard InChI is InChI=1S/C15H16O/c1-12-6-5-9-15(16)14(12)11-10-13-7-3-2-4-8-13/h2-9,16H,10-11H2,1H3. The predicted molar refractivity (Wildman–Crippen MR) is 66.7 cm³/mol. The van der Waals surface area contributed by atoms with Crippen molar-refractivity contribution in [3.63, 3.8) is 0 Å². The molecule has 0 bridgehead atoms. The summed E-state index contributed by atoms with van der Waals surface area (Å²) in [6.07, 6.45) is 1.86. The Bertz CT molecular complexity index is 440. The Kier molecular flexibility index (Phi) is 3.25. The van der Waals surface area contributed by atoms with Crippen molar-refractivity contribution >= 4 is 0 Å². The van der Waals surface area contributed by atoms with Crippen molar-refractivity contribution in [3.8, 4) is 5.75 Å². The highest BCUT2D eigenvalue weighted by Crippen LogP contribution is 2.22. The van der Waals surface area contributed by atoms with E-state index in [1.165, 1.54) is 5.56 Å². The number of benzene rings is 2. The molecule has 0 fully saturated rings. The number of aromatic hydroxyl groups is 1. The second-order valence-corrected chi connectivity index (χ2v) is 4.06. The van der Waals surface area contributed by atoms with E-state index in [-0.39, 0.29) is 0 Å². The Labute approximate surface area is 96.4 Å². The summed E-state index contributed by atoms with van der Waals surface area (Å²) in [5, 5.41) is 9.77. The lowest BCUT2D eigenvalue weighted by molar-refractivity contribution is 0.467. The summed E-state index contributed by atoms with van der Waals surface area (Å²) in [5.41, 5.74) is 3.53. The van der Waals surface area contributed by atoms with Gasteiger partial charge in [0.25, 0.3) is 0 Å². The van der Waals surface area contributed by atoms with Crippen LogP contribution < -0.4 is 0 Å². The average Bonchev–Trinajstić information content (AvgIpc) is 2.30. The molecule has 1 N–H and O–H groups in total. The zero-order chi connectivity index (χ0) is 11.4. The van der Waals surface area contributed by atoms with E-state index in [1.54, 1.807) is 6.07 Å². The van der Waals surface area contributed by atoms with E-state index in [0.29, 0.717) is 5.75 Å². The van der Waals surface area contributed by atoms with Gasteiger partial charge in [0.05, 0.1) is 0 Å². The fourth-order valence-electron chi connectivity index (χ4n) is 1.93. The minimum Gasteiger partial charge on any atom is -0.508 e. The summed E-state index contributed by atoms with van der Waals surface area (Å²) < 4.78 is 0. The first-order chi connectivity index (χ1) is 7.77. The van der Waals surface area contributed by atoms with Crippen LogP contribution in [-0.2, 0) is 12.8 Å². The summed E-state index contributed by atoms with van der Waals surface area (Å²) in [6.45, 7) is 2.04. The Morgan fingerprint density at radius 1 is 0.875 bits per heavy atom. The Balaban J connectivity index is 2.11. The van der Waals surface area contributed by atoms with E-state index in [0.717, 1.165) is 24.0 Å². The monoisotopic (exact) mass is 212 g/mol. The van der Waals surface area contributed by atoms with Crippen LogP contribution in [0.5, 0.6) is 5.75 Å². The minimum atomic E-state index is 0.413. The zero-order valence-electron chi connectivity index (χ0n) is 9.48. The SMILES string of the molecule is Cc1cccc(O)c1CCc1ccccc1. The molecule has 0 aliphatic rings. The van der Waals surface area contributed by atoms with Crippen LogP contribution in [0.15, 0.2) is 48.5 Å². The van der Waals surface area contributed by atoms with Gasteiger partial charge in [-0.05, 0) is 42.5 Å². The molecule has 0 atom stereocenters. The van der Waals surface area contributed by atoms with Gasteiger partial charge in [0.15, 0.2) is 0 Å². The van der Waals surface area contributed by atoms with Crippen molar-refractivity contribution < 1.29 is 5.11 Å². The van der Waals surface area contributed by atoms with Crippen molar-refractivity contribution in [2.45, 2.75) is 19.8 Å². The highest BCUT2D eigenvalue weighted by atomic mass is 16.3. The first-order valence-corrected chi connectivity index (χ1v) is 5.59. The molecule has 1 nitrogen and oxygen atoms in total. The van der Waals surface area contributed by atoms with Gasteiger partial charge in [0.1, 0.15) is 5.75 Å². The first-order valence-electron chi connectivity index (χ1n) is 5.59. The number of rotatable bonds is 3. The van der Waals surface area contributed by atoms with Crippen molar-refractivity contribution in [2.75, 3.05) is 0 Å². The van der Waals surface area contributed by atoms with E-state index in [9.17, 15) is 5.11 Å². The van der Waals surface area contributed by atoms with Crippen molar-refractivity contribution in [2.24, 2.45) is 0 Å². The Hall–Kier alpha value is -1.76. The second kappa shape index (κ2) is 4.84. The molecule has 0 radical (unpaired) electrons. The van der Waals surface area contributed by atoms with Crippen molar-refractivity contribution in [1.82, 2.24) is 0 Å². The van der Waals surface area contributed by atoms with E-state index in [1.807, 2.05) is 37.3 Å². The number of phenolic OH excluding ortho intramolecular Hbond substituents is 1. The van der Waals surface area contributed by atoms with Gasteiger partial charge in [-0.15, -0.1) is 0 Å². The van der Waals surface area contributed by atoms with E-state index >= 15 is 0 Å². The molecular weight excluding hydrogens is 196 g/mol. The molecule has 0 heterocycles. The predicted octanol–water partition coefficient (Wildman–Crippen LogP) is 3.49. The fourth-order valence-corrected chi connectivity index (χ4v) is 1.93. The van der Waals surface area contributed by atoms with E-state index in [4.69, 9.17) is 0 Å². The molecule has 0 aliphatic heterocycles. The highest BCUT2D eigenvalue weighted by Gasteiger charge is 2.04. The summed E-state index contributed by atoms with van der Waals surface area (Å²) >= 11 is 0. The summed E-state index contributed by atoms with van der Waals surface area (Å²) in [6, 6.07) is 16.0. The number of phenols is 1. The Morgan fingerprint density at radius 3 is 2.31 bits per heavy atom. The molecule has 0 saturated heterocycles. The van der Waals surface area contributed by atoms with Crippen LogP contribution in [0.1, 0.15) is 16.7 Å². The van der Waals surface area contributed by atoms with Crippen molar-refractivity contribution in [3.05, 3.63) is 65.2 Å². The number of hydrogen-bond donors (Lipinski definition) is 1. The lowest BCUT2D eigenvalue weighted by Crippen LogP contribution is -1.94. The second-order valence-electron chi connectivity index (χ2n) is 4.06. The maximum Gasteiger partial charge on any atom is 0.119 e. The smallest absolute Gasteiger partial charge is 0.119 e. The lowest BCUT2D eigenvalue weighted by Gasteiger charge is -2.08. The number of aryl methyl sites for hydroxylation is 2. The molecule has 0 unspecified atom stereocenters. The lowest BCUT2D eigenvalue weighted by atomic mass is 10.00. The third-order valence-electron chi connectivity index (χ3n) is 2.89. The molecule has 0 aromatic heterocycles. The van der Waals surface area contributed by atoms with E-state index in [2.05, 4.69) is 12.1 Å². The molecule has 0 amide bonds. The maximum atomic E-state index is 9.77. The topological polar surface area (TPSA) is 20.2 Å². The molecule has 2 rings (SSSR count). The zero-order valence-corrected chi connectivity index (χ0v) is 9.48. The van der Waals surface area contributed by atoms with Gasteiger partial charge < -0.3 is 5.11 Å². The highest BCUT2D eigenvalue weighted by molar-refractivity contribution is 5.39. The van der Waals surface area contributed by atoms with Crippen LogP contribution in [0.4, 0.5) is 0 Å². The van der Waals surface area contributed by atoms with Crippen molar-refractivity contribution in [1.29, 1.82) is 0 Å². The van der Waals surface area contributed by atoms with Crippen LogP contribution in [-0.4, -0.2) is 5.11 Å². The van der Waals surface area contributed by atoms with Crippen LogP contribution >= 0.6 is 0 Å². The minimum absolute atomic E-state index is 0.413.